The molecule has 4 nitrogen and oxygen atoms in total. The number of sulfonamides is 1. The lowest BCUT2D eigenvalue weighted by molar-refractivity contribution is 0.411. The predicted molar refractivity (Wildman–Crippen MR) is 98.5 cm³/mol. The van der Waals surface area contributed by atoms with Crippen molar-refractivity contribution in [2.75, 3.05) is 11.8 Å². The number of hydrogen-bond donors (Lipinski definition) is 1. The van der Waals surface area contributed by atoms with Gasteiger partial charge in [0.25, 0.3) is 10.0 Å². The number of anilines is 1. The zero-order chi connectivity index (χ0) is 18.1. The van der Waals surface area contributed by atoms with Crippen LogP contribution in [0.25, 0.3) is 0 Å². The van der Waals surface area contributed by atoms with Gasteiger partial charge in [-0.15, -0.1) is 0 Å². The van der Waals surface area contributed by atoms with Crippen molar-refractivity contribution in [1.82, 2.24) is 0 Å². The number of nitrogens with one attached hydrogen (secondary N) is 1. The van der Waals surface area contributed by atoms with E-state index in [0.29, 0.717) is 17.0 Å². The lowest BCUT2D eigenvalue weighted by Crippen LogP contribution is -2.17. The highest BCUT2D eigenvalue weighted by atomic mass is 32.2. The first-order valence-corrected chi connectivity index (χ1v) is 9.44. The number of rotatable bonds is 5. The zero-order valence-electron chi connectivity index (χ0n) is 15.1. The Morgan fingerprint density at radius 1 is 1.00 bits per heavy atom. The van der Waals surface area contributed by atoms with Gasteiger partial charge in [-0.3, -0.25) is 4.72 Å². The summed E-state index contributed by atoms with van der Waals surface area (Å²) < 4.78 is 34.0. The molecule has 0 unspecified atom stereocenters. The zero-order valence-corrected chi connectivity index (χ0v) is 15.9. The first-order chi connectivity index (χ1) is 11.2. The Bertz CT molecular complexity index is 855. The van der Waals surface area contributed by atoms with Crippen LogP contribution < -0.4 is 9.46 Å². The molecule has 2 aromatic rings. The second-order valence-electron chi connectivity index (χ2n) is 6.32. The molecular weight excluding hydrogens is 322 g/mol. The average molecular weight is 347 g/mol. The summed E-state index contributed by atoms with van der Waals surface area (Å²) in [6.07, 6.45) is 0. The highest BCUT2D eigenvalue weighted by Gasteiger charge is 2.22. The van der Waals surface area contributed by atoms with E-state index in [2.05, 4.69) is 18.6 Å². The molecule has 0 heterocycles. The largest absolute Gasteiger partial charge is 0.496 e. The molecule has 0 aromatic heterocycles. The monoisotopic (exact) mass is 347 g/mol. The van der Waals surface area contributed by atoms with E-state index in [1.54, 1.807) is 26.2 Å². The number of methoxy groups -OCH3 is 1. The van der Waals surface area contributed by atoms with E-state index < -0.39 is 10.0 Å². The standard InChI is InChI=1S/C19H25NO3S/c1-12(2)16-9-7-8-13(3)19(16)20-24(21,22)18-11-10-17(23-6)14(4)15(18)5/h7-12,20H,1-6H3. The minimum atomic E-state index is -3.68. The highest BCUT2D eigenvalue weighted by Crippen LogP contribution is 2.32. The van der Waals surface area contributed by atoms with Gasteiger partial charge in [-0.1, -0.05) is 32.0 Å². The summed E-state index contributed by atoms with van der Waals surface area (Å²) >= 11 is 0. The van der Waals surface area contributed by atoms with Crippen molar-refractivity contribution in [2.24, 2.45) is 0 Å². The van der Waals surface area contributed by atoms with Crippen molar-refractivity contribution in [3.63, 3.8) is 0 Å². The van der Waals surface area contributed by atoms with Crippen LogP contribution in [0, 0.1) is 20.8 Å². The van der Waals surface area contributed by atoms with Crippen LogP contribution in [0.2, 0.25) is 0 Å². The number of benzene rings is 2. The summed E-state index contributed by atoms with van der Waals surface area (Å²) in [5.41, 5.74) is 4.09. The van der Waals surface area contributed by atoms with Crippen molar-refractivity contribution in [3.05, 3.63) is 52.6 Å². The summed E-state index contributed by atoms with van der Waals surface area (Å²) in [7, 11) is -2.10. The minimum Gasteiger partial charge on any atom is -0.496 e. The summed E-state index contributed by atoms with van der Waals surface area (Å²) in [6, 6.07) is 9.11. The van der Waals surface area contributed by atoms with Crippen LogP contribution in [0.5, 0.6) is 5.75 Å². The maximum absolute atomic E-state index is 12.9. The van der Waals surface area contributed by atoms with Crippen molar-refractivity contribution in [3.8, 4) is 5.75 Å². The summed E-state index contributed by atoms with van der Waals surface area (Å²) in [5, 5.41) is 0. The van der Waals surface area contributed by atoms with Gasteiger partial charge in [-0.2, -0.15) is 0 Å². The smallest absolute Gasteiger partial charge is 0.262 e. The van der Waals surface area contributed by atoms with Crippen LogP contribution in [0.15, 0.2) is 35.2 Å². The minimum absolute atomic E-state index is 0.223. The predicted octanol–water partition coefficient (Wildman–Crippen LogP) is 4.54. The van der Waals surface area contributed by atoms with E-state index in [0.717, 1.165) is 16.7 Å². The van der Waals surface area contributed by atoms with Crippen LogP contribution in [0.3, 0.4) is 0 Å². The quantitative estimate of drug-likeness (QED) is 0.863. The number of hydrogen-bond acceptors (Lipinski definition) is 3. The second kappa shape index (κ2) is 6.85. The van der Waals surface area contributed by atoms with E-state index in [1.165, 1.54) is 0 Å². The Labute approximate surface area is 144 Å². The maximum Gasteiger partial charge on any atom is 0.262 e. The summed E-state index contributed by atoms with van der Waals surface area (Å²) in [4.78, 5) is 0.277. The molecule has 0 spiro atoms. The van der Waals surface area contributed by atoms with E-state index in [4.69, 9.17) is 4.74 Å². The Kier molecular flexibility index (Phi) is 5.23. The third kappa shape index (κ3) is 3.41. The fourth-order valence-electron chi connectivity index (χ4n) is 2.78. The van der Waals surface area contributed by atoms with Crippen molar-refractivity contribution in [2.45, 2.75) is 45.4 Å². The molecule has 0 aliphatic rings. The molecular formula is C19H25NO3S. The van der Waals surface area contributed by atoms with E-state index in [9.17, 15) is 8.42 Å². The number of aryl methyl sites for hydroxylation is 1. The lowest BCUT2D eigenvalue weighted by Gasteiger charge is -2.19. The average Bonchev–Trinajstić information content (AvgIpc) is 2.51. The van der Waals surface area contributed by atoms with Crippen LogP contribution in [-0.2, 0) is 10.0 Å². The van der Waals surface area contributed by atoms with E-state index in [1.807, 2.05) is 32.0 Å². The normalized spacial score (nSPS) is 11.6. The number of ether oxygens (including phenoxy) is 1. The topological polar surface area (TPSA) is 55.4 Å². The molecule has 0 atom stereocenters. The van der Waals surface area contributed by atoms with Crippen LogP contribution in [-0.4, -0.2) is 15.5 Å². The molecule has 0 aliphatic carbocycles. The molecule has 1 N–H and O–H groups in total. The van der Waals surface area contributed by atoms with Gasteiger partial charge < -0.3 is 4.74 Å². The van der Waals surface area contributed by atoms with Gasteiger partial charge in [0.2, 0.25) is 0 Å². The van der Waals surface area contributed by atoms with Gasteiger partial charge in [-0.25, -0.2) is 8.42 Å². The van der Waals surface area contributed by atoms with Gasteiger partial charge in [-0.05, 0) is 61.1 Å². The fraction of sp³-hybridized carbons (Fsp3) is 0.368. The Morgan fingerprint density at radius 3 is 2.25 bits per heavy atom. The highest BCUT2D eigenvalue weighted by molar-refractivity contribution is 7.92. The molecule has 130 valence electrons. The molecule has 5 heteroatoms. The molecule has 0 radical (unpaired) electrons. The summed E-state index contributed by atoms with van der Waals surface area (Å²) in [5.74, 6) is 0.909. The molecule has 0 fully saturated rings. The first kappa shape index (κ1) is 18.3. The van der Waals surface area contributed by atoms with Gasteiger partial charge in [0.1, 0.15) is 5.75 Å². The first-order valence-electron chi connectivity index (χ1n) is 7.95. The maximum atomic E-state index is 12.9. The molecule has 2 rings (SSSR count). The second-order valence-corrected chi connectivity index (χ2v) is 7.97. The van der Waals surface area contributed by atoms with E-state index >= 15 is 0 Å². The van der Waals surface area contributed by atoms with Gasteiger partial charge in [0.15, 0.2) is 0 Å². The van der Waals surface area contributed by atoms with E-state index in [-0.39, 0.29) is 10.8 Å². The van der Waals surface area contributed by atoms with Crippen molar-refractivity contribution in [1.29, 1.82) is 0 Å². The lowest BCUT2D eigenvalue weighted by atomic mass is 9.99. The Balaban J connectivity index is 2.53. The molecule has 24 heavy (non-hydrogen) atoms. The molecule has 0 saturated heterocycles. The van der Waals surface area contributed by atoms with Gasteiger partial charge in [0, 0.05) is 0 Å². The summed E-state index contributed by atoms with van der Waals surface area (Å²) in [6.45, 7) is 9.68. The fourth-order valence-corrected chi connectivity index (χ4v) is 4.24. The third-order valence-electron chi connectivity index (χ3n) is 4.36. The molecule has 0 saturated carbocycles. The Hall–Kier alpha value is -2.01. The van der Waals surface area contributed by atoms with Crippen LogP contribution in [0.1, 0.15) is 42.0 Å². The molecule has 0 bridgehead atoms. The van der Waals surface area contributed by atoms with Crippen molar-refractivity contribution < 1.29 is 13.2 Å². The van der Waals surface area contributed by atoms with Gasteiger partial charge in [0.05, 0.1) is 17.7 Å². The Morgan fingerprint density at radius 2 is 1.67 bits per heavy atom. The third-order valence-corrected chi connectivity index (χ3v) is 5.85. The van der Waals surface area contributed by atoms with Crippen molar-refractivity contribution >= 4 is 15.7 Å². The molecule has 0 aliphatic heterocycles. The molecule has 2 aromatic carbocycles. The molecule has 0 amide bonds. The van der Waals surface area contributed by atoms with Gasteiger partial charge >= 0.3 is 0 Å². The SMILES string of the molecule is COc1ccc(S(=O)(=O)Nc2c(C)cccc2C(C)C)c(C)c1C. The number of para-hydroxylation sites is 1. The van der Waals surface area contributed by atoms with Crippen LogP contribution in [0.4, 0.5) is 5.69 Å². The van der Waals surface area contributed by atoms with Crippen LogP contribution >= 0.6 is 0 Å².